The Morgan fingerprint density at radius 2 is 2.21 bits per heavy atom. The van der Waals surface area contributed by atoms with Crippen molar-refractivity contribution in [3.8, 4) is 0 Å². The standard InChI is InChI=1S/C9H11ClN4O4S/c1-4-18-9(15)13(2)7-5(14(16)17)6(10)11-8(12-7)19-3/h4H2,1-3H3. The van der Waals surface area contributed by atoms with Gasteiger partial charge in [-0.2, -0.15) is 4.98 Å². The molecule has 0 bridgehead atoms. The van der Waals surface area contributed by atoms with Crippen molar-refractivity contribution in [2.75, 3.05) is 24.8 Å². The number of nitro groups is 1. The van der Waals surface area contributed by atoms with Crippen LogP contribution in [0.2, 0.25) is 5.15 Å². The maximum Gasteiger partial charge on any atom is 0.415 e. The first-order valence-electron chi connectivity index (χ1n) is 5.08. The number of anilines is 1. The molecule has 104 valence electrons. The van der Waals surface area contributed by atoms with Gasteiger partial charge in [0.1, 0.15) is 0 Å². The minimum absolute atomic E-state index is 0.144. The van der Waals surface area contributed by atoms with Crippen molar-refractivity contribution in [3.63, 3.8) is 0 Å². The molecule has 0 aliphatic carbocycles. The second kappa shape index (κ2) is 6.53. The van der Waals surface area contributed by atoms with Crippen LogP contribution in [0, 0.1) is 10.1 Å². The highest BCUT2D eigenvalue weighted by Gasteiger charge is 2.29. The molecule has 0 aromatic carbocycles. The molecule has 1 rings (SSSR count). The number of amides is 1. The van der Waals surface area contributed by atoms with Gasteiger partial charge in [0, 0.05) is 7.05 Å². The zero-order valence-electron chi connectivity index (χ0n) is 10.4. The second-order valence-electron chi connectivity index (χ2n) is 3.19. The first-order chi connectivity index (χ1) is 8.92. The van der Waals surface area contributed by atoms with E-state index in [1.165, 1.54) is 7.05 Å². The van der Waals surface area contributed by atoms with Gasteiger partial charge < -0.3 is 4.74 Å². The summed E-state index contributed by atoms with van der Waals surface area (Å²) in [7, 11) is 1.31. The topological polar surface area (TPSA) is 98.5 Å². The molecule has 1 amide bonds. The average Bonchev–Trinajstić information content (AvgIpc) is 2.36. The van der Waals surface area contributed by atoms with Crippen LogP contribution in [0.5, 0.6) is 0 Å². The van der Waals surface area contributed by atoms with Crippen LogP contribution >= 0.6 is 23.4 Å². The molecule has 1 aromatic heterocycles. The second-order valence-corrected chi connectivity index (χ2v) is 4.32. The van der Waals surface area contributed by atoms with Gasteiger partial charge in [-0.05, 0) is 13.2 Å². The maximum absolute atomic E-state index is 11.6. The number of thioether (sulfide) groups is 1. The summed E-state index contributed by atoms with van der Waals surface area (Å²) in [6.07, 6.45) is 0.929. The Kier molecular flexibility index (Phi) is 5.31. The first kappa shape index (κ1) is 15.4. The number of rotatable bonds is 4. The van der Waals surface area contributed by atoms with Crippen molar-refractivity contribution in [2.24, 2.45) is 0 Å². The van der Waals surface area contributed by atoms with Crippen molar-refractivity contribution in [2.45, 2.75) is 12.1 Å². The molecule has 8 nitrogen and oxygen atoms in total. The van der Waals surface area contributed by atoms with Gasteiger partial charge in [0.05, 0.1) is 11.5 Å². The van der Waals surface area contributed by atoms with Gasteiger partial charge >= 0.3 is 11.8 Å². The highest BCUT2D eigenvalue weighted by molar-refractivity contribution is 7.98. The Labute approximate surface area is 118 Å². The molecule has 0 saturated carbocycles. The summed E-state index contributed by atoms with van der Waals surface area (Å²) in [5, 5.41) is 10.9. The summed E-state index contributed by atoms with van der Waals surface area (Å²) in [6, 6.07) is 0. The van der Waals surface area contributed by atoms with Crippen molar-refractivity contribution < 1.29 is 14.5 Å². The third-order valence-electron chi connectivity index (χ3n) is 2.03. The third-order valence-corrected chi connectivity index (χ3v) is 2.84. The summed E-state index contributed by atoms with van der Waals surface area (Å²) in [5.41, 5.74) is -0.532. The number of nitrogens with zero attached hydrogens (tertiary/aromatic N) is 4. The van der Waals surface area contributed by atoms with E-state index in [1.807, 2.05) is 0 Å². The third kappa shape index (κ3) is 3.44. The number of hydrogen-bond acceptors (Lipinski definition) is 7. The number of aromatic nitrogens is 2. The molecule has 0 fully saturated rings. The molecular formula is C9H11ClN4O4S. The van der Waals surface area contributed by atoms with E-state index in [1.54, 1.807) is 13.2 Å². The van der Waals surface area contributed by atoms with Gasteiger partial charge in [0.25, 0.3) is 0 Å². The fraction of sp³-hybridized carbons (Fsp3) is 0.444. The SMILES string of the molecule is CCOC(=O)N(C)c1nc(SC)nc(Cl)c1[N+](=O)[O-]. The molecule has 0 aliphatic heterocycles. The minimum Gasteiger partial charge on any atom is -0.449 e. The first-order valence-corrected chi connectivity index (χ1v) is 6.69. The van der Waals surface area contributed by atoms with Crippen molar-refractivity contribution in [3.05, 3.63) is 15.3 Å². The van der Waals surface area contributed by atoms with E-state index < -0.39 is 16.7 Å². The molecule has 0 aliphatic rings. The smallest absolute Gasteiger partial charge is 0.415 e. The van der Waals surface area contributed by atoms with E-state index >= 15 is 0 Å². The van der Waals surface area contributed by atoms with Crippen LogP contribution < -0.4 is 4.90 Å². The molecule has 1 heterocycles. The van der Waals surface area contributed by atoms with Gasteiger partial charge in [-0.25, -0.2) is 9.78 Å². The fourth-order valence-electron chi connectivity index (χ4n) is 1.19. The lowest BCUT2D eigenvalue weighted by Gasteiger charge is -2.16. The Morgan fingerprint density at radius 1 is 1.58 bits per heavy atom. The van der Waals surface area contributed by atoms with Crippen LogP contribution in [0.25, 0.3) is 0 Å². The maximum atomic E-state index is 11.6. The Hall–Kier alpha value is -1.61. The van der Waals surface area contributed by atoms with Crippen molar-refractivity contribution in [1.82, 2.24) is 9.97 Å². The predicted octanol–water partition coefficient (Wildman–Crippen LogP) is 2.35. The Morgan fingerprint density at radius 3 is 2.68 bits per heavy atom. The number of carbonyl (C=O) groups excluding carboxylic acids is 1. The zero-order valence-corrected chi connectivity index (χ0v) is 12.0. The minimum atomic E-state index is -0.757. The van der Waals surface area contributed by atoms with Crippen molar-refractivity contribution in [1.29, 1.82) is 0 Å². The van der Waals surface area contributed by atoms with Crippen molar-refractivity contribution >= 4 is 41.0 Å². The molecule has 0 unspecified atom stereocenters. The largest absolute Gasteiger partial charge is 0.449 e. The molecule has 0 N–H and O–H groups in total. The summed E-state index contributed by atoms with van der Waals surface area (Å²) in [4.78, 5) is 30.5. The van der Waals surface area contributed by atoms with Gasteiger partial charge in [0.2, 0.25) is 11.0 Å². The van der Waals surface area contributed by atoms with Crippen LogP contribution in [0.3, 0.4) is 0 Å². The highest BCUT2D eigenvalue weighted by Crippen LogP contribution is 2.33. The van der Waals surface area contributed by atoms with E-state index in [2.05, 4.69) is 9.97 Å². The molecule has 0 atom stereocenters. The fourth-order valence-corrected chi connectivity index (χ4v) is 1.83. The molecule has 0 radical (unpaired) electrons. The van der Waals surface area contributed by atoms with Crippen LogP contribution in [-0.4, -0.2) is 40.9 Å². The van der Waals surface area contributed by atoms with E-state index in [-0.39, 0.29) is 22.7 Å². The number of carbonyl (C=O) groups is 1. The summed E-state index contributed by atoms with van der Waals surface area (Å²) >= 11 is 6.90. The molecule has 19 heavy (non-hydrogen) atoms. The molecule has 1 aromatic rings. The van der Waals surface area contributed by atoms with Gasteiger partial charge in [-0.1, -0.05) is 23.4 Å². The van der Waals surface area contributed by atoms with Gasteiger partial charge in [-0.15, -0.1) is 0 Å². The average molecular weight is 307 g/mol. The molecular weight excluding hydrogens is 296 g/mol. The monoisotopic (exact) mass is 306 g/mol. The lowest BCUT2D eigenvalue weighted by atomic mass is 10.4. The number of ether oxygens (including phenoxy) is 1. The lowest BCUT2D eigenvalue weighted by Crippen LogP contribution is -2.29. The quantitative estimate of drug-likeness (QED) is 0.277. The van der Waals surface area contributed by atoms with Crippen LogP contribution in [0.15, 0.2) is 5.16 Å². The van der Waals surface area contributed by atoms with Crippen LogP contribution in [0.4, 0.5) is 16.3 Å². The van der Waals surface area contributed by atoms with E-state index in [4.69, 9.17) is 16.3 Å². The van der Waals surface area contributed by atoms with E-state index in [9.17, 15) is 14.9 Å². The highest BCUT2D eigenvalue weighted by atomic mass is 35.5. The predicted molar refractivity (Wildman–Crippen MR) is 70.9 cm³/mol. The van der Waals surface area contributed by atoms with E-state index in [0.29, 0.717) is 0 Å². The molecule has 0 saturated heterocycles. The lowest BCUT2D eigenvalue weighted by molar-refractivity contribution is -0.384. The summed E-state index contributed by atoms with van der Waals surface area (Å²) in [5.74, 6) is -0.201. The number of halogens is 1. The van der Waals surface area contributed by atoms with Gasteiger partial charge in [0.15, 0.2) is 5.16 Å². The Balaban J connectivity index is 3.34. The molecule has 10 heteroatoms. The normalized spacial score (nSPS) is 10.1. The van der Waals surface area contributed by atoms with Crippen LogP contribution in [0.1, 0.15) is 6.92 Å². The Bertz CT molecular complexity index is 513. The van der Waals surface area contributed by atoms with Gasteiger partial charge in [-0.3, -0.25) is 15.0 Å². The molecule has 0 spiro atoms. The number of hydrogen-bond donors (Lipinski definition) is 0. The van der Waals surface area contributed by atoms with Crippen LogP contribution in [-0.2, 0) is 4.74 Å². The summed E-state index contributed by atoms with van der Waals surface area (Å²) < 4.78 is 4.76. The zero-order chi connectivity index (χ0) is 14.6. The summed E-state index contributed by atoms with van der Waals surface area (Å²) in [6.45, 7) is 1.77. The van der Waals surface area contributed by atoms with E-state index in [0.717, 1.165) is 16.7 Å².